The number of carbonyl (C=O) groups excluding carboxylic acids is 1. The van der Waals surface area contributed by atoms with E-state index >= 15 is 0 Å². The Kier molecular flexibility index (Phi) is 5.03. The minimum Gasteiger partial charge on any atom is -0.481 e. The number of anilines is 2. The minimum absolute atomic E-state index is 0.217. The monoisotopic (exact) mass is 304 g/mol. The van der Waals surface area contributed by atoms with Crippen molar-refractivity contribution in [1.29, 1.82) is 0 Å². The van der Waals surface area contributed by atoms with Crippen LogP contribution in [0.2, 0.25) is 0 Å². The van der Waals surface area contributed by atoms with Gasteiger partial charge in [0.15, 0.2) is 0 Å². The first-order valence-corrected chi connectivity index (χ1v) is 7.14. The molecule has 0 saturated carbocycles. The average molecular weight is 304 g/mol. The van der Waals surface area contributed by atoms with Crippen molar-refractivity contribution in [1.82, 2.24) is 0 Å². The summed E-state index contributed by atoms with van der Waals surface area (Å²) >= 11 is 0. The van der Waals surface area contributed by atoms with Crippen LogP contribution in [0.15, 0.2) is 18.2 Å². The molecule has 0 aliphatic heterocycles. The molecule has 0 radical (unpaired) electrons. The molecule has 0 aromatic heterocycles. The molecule has 0 atom stereocenters. The van der Waals surface area contributed by atoms with Crippen molar-refractivity contribution in [3.63, 3.8) is 0 Å². The van der Waals surface area contributed by atoms with Crippen LogP contribution in [0.4, 0.5) is 15.8 Å². The Morgan fingerprint density at radius 1 is 1.35 bits per heavy atom. The number of aliphatic carboxylic acids is 1. The Morgan fingerprint density at radius 2 is 2.00 bits per heavy atom. The molecule has 110 valence electrons. The lowest BCUT2D eigenvalue weighted by Gasteiger charge is -2.10. The summed E-state index contributed by atoms with van der Waals surface area (Å²) in [5.74, 6) is -3.18. The van der Waals surface area contributed by atoms with Gasteiger partial charge < -0.3 is 10.4 Å². The molecule has 20 heavy (non-hydrogen) atoms. The SMILES string of the molecule is CC(=O)Nc1ccc(F)c(NS(=O)(=O)CCC(=O)O)c1. The summed E-state index contributed by atoms with van der Waals surface area (Å²) in [5.41, 5.74) is -0.142. The molecule has 0 unspecified atom stereocenters. The van der Waals surface area contributed by atoms with Gasteiger partial charge in [-0.3, -0.25) is 14.3 Å². The molecule has 0 bridgehead atoms. The van der Waals surface area contributed by atoms with Crippen molar-refractivity contribution >= 4 is 33.3 Å². The summed E-state index contributed by atoms with van der Waals surface area (Å²) in [7, 11) is -3.98. The van der Waals surface area contributed by atoms with E-state index in [1.165, 1.54) is 13.0 Å². The third kappa shape index (κ3) is 5.22. The maximum atomic E-state index is 13.5. The van der Waals surface area contributed by atoms with Crippen LogP contribution in [0.25, 0.3) is 0 Å². The van der Waals surface area contributed by atoms with E-state index in [0.717, 1.165) is 12.1 Å². The third-order valence-electron chi connectivity index (χ3n) is 2.14. The van der Waals surface area contributed by atoms with Gasteiger partial charge in [0, 0.05) is 12.6 Å². The van der Waals surface area contributed by atoms with Crippen LogP contribution < -0.4 is 10.0 Å². The van der Waals surface area contributed by atoms with Crippen molar-refractivity contribution < 1.29 is 27.5 Å². The Morgan fingerprint density at radius 3 is 2.55 bits per heavy atom. The Hall–Kier alpha value is -2.16. The molecule has 1 aromatic rings. The van der Waals surface area contributed by atoms with Crippen molar-refractivity contribution in [3.8, 4) is 0 Å². The molecule has 0 saturated heterocycles. The van der Waals surface area contributed by atoms with E-state index in [-0.39, 0.29) is 11.4 Å². The van der Waals surface area contributed by atoms with Crippen LogP contribution >= 0.6 is 0 Å². The lowest BCUT2D eigenvalue weighted by atomic mass is 10.2. The second kappa shape index (κ2) is 6.33. The third-order valence-corrected chi connectivity index (χ3v) is 3.41. The van der Waals surface area contributed by atoms with Crippen LogP contribution in [-0.2, 0) is 19.6 Å². The highest BCUT2D eigenvalue weighted by atomic mass is 32.2. The van der Waals surface area contributed by atoms with E-state index in [2.05, 4.69) is 5.32 Å². The number of rotatable bonds is 6. The molecule has 1 aromatic carbocycles. The molecule has 1 rings (SSSR count). The highest BCUT2D eigenvalue weighted by molar-refractivity contribution is 7.92. The van der Waals surface area contributed by atoms with Crippen LogP contribution in [-0.4, -0.2) is 31.2 Å². The number of halogens is 1. The maximum absolute atomic E-state index is 13.5. The number of nitrogens with one attached hydrogen (secondary N) is 2. The highest BCUT2D eigenvalue weighted by Crippen LogP contribution is 2.21. The number of carboxylic acids is 1. The molecule has 3 N–H and O–H groups in total. The number of carboxylic acid groups (broad SMARTS) is 1. The predicted octanol–water partition coefficient (Wildman–Crippen LogP) is 1.00. The van der Waals surface area contributed by atoms with Gasteiger partial charge in [0.05, 0.1) is 17.9 Å². The molecule has 0 fully saturated rings. The number of benzene rings is 1. The molecule has 0 aliphatic carbocycles. The van der Waals surface area contributed by atoms with Gasteiger partial charge in [0.25, 0.3) is 0 Å². The first kappa shape index (κ1) is 15.9. The molecule has 1 amide bonds. The van der Waals surface area contributed by atoms with Crippen LogP contribution in [0.1, 0.15) is 13.3 Å². The molecule has 0 spiro atoms. The summed E-state index contributed by atoms with van der Waals surface area (Å²) in [4.78, 5) is 21.2. The Balaban J connectivity index is 2.90. The summed E-state index contributed by atoms with van der Waals surface area (Å²) < 4.78 is 38.5. The van der Waals surface area contributed by atoms with E-state index in [9.17, 15) is 22.4 Å². The zero-order valence-corrected chi connectivity index (χ0v) is 11.3. The van der Waals surface area contributed by atoms with Crippen LogP contribution in [0, 0.1) is 5.82 Å². The zero-order chi connectivity index (χ0) is 15.3. The number of sulfonamides is 1. The van der Waals surface area contributed by atoms with Gasteiger partial charge in [-0.2, -0.15) is 0 Å². The highest BCUT2D eigenvalue weighted by Gasteiger charge is 2.15. The molecule has 0 aliphatic rings. The molecular weight excluding hydrogens is 291 g/mol. The fraction of sp³-hybridized carbons (Fsp3) is 0.273. The number of amides is 1. The topological polar surface area (TPSA) is 113 Å². The van der Waals surface area contributed by atoms with Gasteiger partial charge in [-0.15, -0.1) is 0 Å². The predicted molar refractivity (Wildman–Crippen MR) is 70.4 cm³/mol. The van der Waals surface area contributed by atoms with E-state index in [4.69, 9.17) is 5.11 Å². The Bertz CT molecular complexity index is 630. The minimum atomic E-state index is -3.98. The van der Waals surface area contributed by atoms with Crippen LogP contribution in [0.5, 0.6) is 0 Å². The number of hydrogen-bond donors (Lipinski definition) is 3. The quantitative estimate of drug-likeness (QED) is 0.725. The average Bonchev–Trinajstić information content (AvgIpc) is 2.30. The van der Waals surface area contributed by atoms with Crippen molar-refractivity contribution in [2.45, 2.75) is 13.3 Å². The largest absolute Gasteiger partial charge is 0.481 e. The molecule has 0 heterocycles. The molecular formula is C11H13FN2O5S. The fourth-order valence-corrected chi connectivity index (χ4v) is 2.36. The Labute approximate surface area is 114 Å². The van der Waals surface area contributed by atoms with Gasteiger partial charge in [-0.1, -0.05) is 0 Å². The fourth-order valence-electron chi connectivity index (χ4n) is 1.32. The van der Waals surface area contributed by atoms with Gasteiger partial charge in [-0.25, -0.2) is 12.8 Å². The van der Waals surface area contributed by atoms with Crippen molar-refractivity contribution in [2.24, 2.45) is 0 Å². The van der Waals surface area contributed by atoms with Crippen LogP contribution in [0.3, 0.4) is 0 Å². The lowest BCUT2D eigenvalue weighted by molar-refractivity contribution is -0.136. The molecule has 7 nitrogen and oxygen atoms in total. The summed E-state index contributed by atoms with van der Waals surface area (Å²) in [5, 5.41) is 10.8. The second-order valence-corrected chi connectivity index (χ2v) is 5.78. The zero-order valence-electron chi connectivity index (χ0n) is 10.5. The number of hydrogen-bond acceptors (Lipinski definition) is 4. The van der Waals surface area contributed by atoms with E-state index in [1.54, 1.807) is 0 Å². The van der Waals surface area contributed by atoms with Gasteiger partial charge >= 0.3 is 5.97 Å². The maximum Gasteiger partial charge on any atom is 0.304 e. The summed E-state index contributed by atoms with van der Waals surface area (Å²) in [6.45, 7) is 1.25. The van der Waals surface area contributed by atoms with Gasteiger partial charge in [-0.05, 0) is 18.2 Å². The smallest absolute Gasteiger partial charge is 0.304 e. The molecule has 9 heteroatoms. The van der Waals surface area contributed by atoms with Crippen molar-refractivity contribution in [2.75, 3.05) is 15.8 Å². The lowest BCUT2D eigenvalue weighted by Crippen LogP contribution is -2.19. The summed E-state index contributed by atoms with van der Waals surface area (Å²) in [6.07, 6.45) is -0.595. The number of carbonyl (C=O) groups is 2. The van der Waals surface area contributed by atoms with E-state index in [1.807, 2.05) is 4.72 Å². The summed E-state index contributed by atoms with van der Waals surface area (Å²) in [6, 6.07) is 3.36. The van der Waals surface area contributed by atoms with E-state index < -0.39 is 39.9 Å². The second-order valence-electron chi connectivity index (χ2n) is 3.94. The standard InChI is InChI=1S/C11H13FN2O5S/c1-7(15)13-8-2-3-9(12)10(6-8)14-20(18,19)5-4-11(16)17/h2-3,6,14H,4-5H2,1H3,(H,13,15)(H,16,17). The van der Waals surface area contributed by atoms with E-state index in [0.29, 0.717) is 0 Å². The van der Waals surface area contributed by atoms with Gasteiger partial charge in [0.1, 0.15) is 5.82 Å². The first-order chi connectivity index (χ1) is 9.19. The van der Waals surface area contributed by atoms with Crippen molar-refractivity contribution in [3.05, 3.63) is 24.0 Å². The normalized spacial score (nSPS) is 10.9. The van der Waals surface area contributed by atoms with Gasteiger partial charge in [0.2, 0.25) is 15.9 Å². The first-order valence-electron chi connectivity index (χ1n) is 5.49.